The predicted octanol–water partition coefficient (Wildman–Crippen LogP) is 0.267. The van der Waals surface area contributed by atoms with Crippen LogP contribution in [0.4, 0.5) is 0 Å². The van der Waals surface area contributed by atoms with Crippen LogP contribution in [0.2, 0.25) is 19.6 Å². The van der Waals surface area contributed by atoms with Crippen molar-refractivity contribution in [3.8, 4) is 0 Å². The average molecular weight is 229 g/mol. The van der Waals surface area contributed by atoms with Crippen molar-refractivity contribution in [2.45, 2.75) is 19.6 Å². The number of likely N-dealkylation sites (N-methyl/N-ethyl adjacent to an activating group) is 1. The molecule has 1 aliphatic rings. The Kier molecular flexibility index (Phi) is 4.63. The lowest BCUT2D eigenvalue weighted by atomic mass is 10.5. The van der Waals surface area contributed by atoms with Crippen LogP contribution in [0.15, 0.2) is 0 Å². The Morgan fingerprint density at radius 2 is 1.86 bits per heavy atom. The SMILES string of the molecule is CN(C)CC[N]1CC[N]([Si](C)(C)C)[AlH]1. The van der Waals surface area contributed by atoms with Crippen molar-refractivity contribution in [3.05, 3.63) is 0 Å². The normalized spacial score (nSPS) is 20.4. The molecule has 1 aliphatic heterocycles. The molecule has 0 unspecified atom stereocenters. The summed E-state index contributed by atoms with van der Waals surface area (Å²) in [5.74, 6) is 0. The lowest BCUT2D eigenvalue weighted by Gasteiger charge is -2.29. The van der Waals surface area contributed by atoms with E-state index in [0.717, 1.165) is 0 Å². The second kappa shape index (κ2) is 5.11. The third-order valence-electron chi connectivity index (χ3n) is 2.87. The molecule has 0 atom stereocenters. The molecule has 0 aromatic rings. The van der Waals surface area contributed by atoms with Crippen molar-refractivity contribution in [1.29, 1.82) is 0 Å². The van der Waals surface area contributed by atoms with E-state index in [-0.39, 0.29) is 15.7 Å². The standard InChI is InChI=1S/C9H23N3Si.Al.H/c1-12(2)9-8-10-6-7-11-13(3,4)5;;/h6-9H2,1-5H3;;/q-2;+2;. The smallest absolute Gasteiger partial charge is 0.396 e. The van der Waals surface area contributed by atoms with Crippen molar-refractivity contribution in [2.75, 3.05) is 40.3 Å². The lowest BCUT2D eigenvalue weighted by Crippen LogP contribution is -2.47. The summed E-state index contributed by atoms with van der Waals surface area (Å²) in [5, 5.41) is 0. The van der Waals surface area contributed by atoms with Gasteiger partial charge < -0.3 is 12.3 Å². The maximum Gasteiger partial charge on any atom is 0.456 e. The van der Waals surface area contributed by atoms with E-state index >= 15 is 0 Å². The summed E-state index contributed by atoms with van der Waals surface area (Å²) in [4.78, 5) is 2.28. The number of hydrogen-bond donors (Lipinski definition) is 0. The largest absolute Gasteiger partial charge is 0.456 e. The maximum absolute atomic E-state index is 2.82. The molecule has 0 aliphatic carbocycles. The molecule has 0 spiro atoms. The van der Waals surface area contributed by atoms with E-state index in [2.05, 4.69) is 46.1 Å². The molecular weight excluding hydrogens is 205 g/mol. The van der Waals surface area contributed by atoms with Gasteiger partial charge in [0.1, 0.15) is 0 Å². The zero-order valence-electron chi connectivity index (χ0n) is 10.4. The topological polar surface area (TPSA) is 9.72 Å². The van der Waals surface area contributed by atoms with Crippen molar-refractivity contribution in [2.24, 2.45) is 0 Å². The number of hydrogen-bond acceptors (Lipinski definition) is 3. The molecule has 0 saturated carbocycles. The Labute approximate surface area is 96.3 Å². The molecule has 0 aromatic carbocycles. The molecule has 5 heteroatoms. The summed E-state index contributed by atoms with van der Waals surface area (Å²) in [6, 6.07) is 0. The van der Waals surface area contributed by atoms with Crippen molar-refractivity contribution in [1.82, 2.24) is 12.3 Å². The Morgan fingerprint density at radius 3 is 2.29 bits per heavy atom. The zero-order chi connectivity index (χ0) is 10.8. The summed E-state index contributed by atoms with van der Waals surface area (Å²) >= 11 is -0.0742. The highest BCUT2D eigenvalue weighted by Crippen LogP contribution is 2.13. The zero-order valence-corrected chi connectivity index (χ0v) is 12.8. The quantitative estimate of drug-likeness (QED) is 0.641. The highest BCUT2D eigenvalue weighted by atomic mass is 28.3. The first-order valence-corrected chi connectivity index (χ1v) is 10.2. The summed E-state index contributed by atoms with van der Waals surface area (Å²) < 4.78 is 5.53. The van der Waals surface area contributed by atoms with E-state index in [1.165, 1.54) is 26.2 Å². The molecule has 1 rings (SSSR count). The molecule has 1 saturated heterocycles. The van der Waals surface area contributed by atoms with Gasteiger partial charge in [-0.2, -0.15) is 0 Å². The van der Waals surface area contributed by atoms with Crippen LogP contribution in [-0.4, -0.2) is 76.5 Å². The van der Waals surface area contributed by atoms with Crippen LogP contribution in [0, 0.1) is 0 Å². The summed E-state index contributed by atoms with van der Waals surface area (Å²) in [7, 11) is 3.34. The van der Waals surface area contributed by atoms with Gasteiger partial charge in [0, 0.05) is 6.54 Å². The molecule has 3 nitrogen and oxygen atoms in total. The molecule has 1 fully saturated rings. The van der Waals surface area contributed by atoms with Gasteiger partial charge in [-0.15, -0.1) is 0 Å². The molecule has 0 radical (unpaired) electrons. The Bertz CT molecular complexity index is 181. The Morgan fingerprint density at radius 1 is 1.21 bits per heavy atom. The number of nitrogens with zero attached hydrogens (tertiary/aromatic N) is 3. The second-order valence-electron chi connectivity index (χ2n) is 5.50. The highest BCUT2D eigenvalue weighted by molar-refractivity contribution is 6.78. The van der Waals surface area contributed by atoms with Gasteiger partial charge in [0.05, 0.1) is 8.24 Å². The molecule has 0 aromatic heterocycles. The van der Waals surface area contributed by atoms with E-state index in [1.54, 1.807) is 0 Å². The third kappa shape index (κ3) is 4.01. The van der Waals surface area contributed by atoms with Gasteiger partial charge >= 0.3 is 15.7 Å². The fourth-order valence-corrected chi connectivity index (χ4v) is 6.12. The summed E-state index contributed by atoms with van der Waals surface area (Å²) in [6.45, 7) is 12.6. The Hall–Kier alpha value is 0.629. The van der Waals surface area contributed by atoms with E-state index < -0.39 is 8.24 Å². The minimum Gasteiger partial charge on any atom is -0.396 e. The predicted molar refractivity (Wildman–Crippen MR) is 67.3 cm³/mol. The van der Waals surface area contributed by atoms with Crippen LogP contribution in [0.25, 0.3) is 0 Å². The second-order valence-corrected chi connectivity index (χ2v) is 13.0. The molecule has 82 valence electrons. The molecule has 0 amide bonds. The summed E-state index contributed by atoms with van der Waals surface area (Å²) in [5.41, 5.74) is 0. The van der Waals surface area contributed by atoms with Crippen LogP contribution in [-0.2, 0) is 0 Å². The van der Waals surface area contributed by atoms with Crippen LogP contribution < -0.4 is 0 Å². The minimum atomic E-state index is -0.982. The lowest BCUT2D eigenvalue weighted by molar-refractivity contribution is 0.353. The van der Waals surface area contributed by atoms with E-state index in [1.807, 2.05) is 0 Å². The number of rotatable bonds is 4. The molecule has 1 heterocycles. The van der Waals surface area contributed by atoms with Crippen LogP contribution in [0.5, 0.6) is 0 Å². The maximum atomic E-state index is 2.82. The van der Waals surface area contributed by atoms with Crippen molar-refractivity contribution in [3.63, 3.8) is 0 Å². The monoisotopic (exact) mass is 229 g/mol. The third-order valence-corrected chi connectivity index (χ3v) is 9.95. The highest BCUT2D eigenvalue weighted by Gasteiger charge is 2.31. The van der Waals surface area contributed by atoms with E-state index in [4.69, 9.17) is 0 Å². The van der Waals surface area contributed by atoms with Crippen molar-refractivity contribution >= 4 is 23.9 Å². The molecule has 0 N–H and O–H groups in total. The first-order valence-electron chi connectivity index (χ1n) is 5.52. The molecular formula is C9H24AlN3Si. The van der Waals surface area contributed by atoms with Gasteiger partial charge in [-0.1, -0.05) is 19.6 Å². The Balaban J connectivity index is 2.27. The fraction of sp³-hybridized carbons (Fsp3) is 1.00. The van der Waals surface area contributed by atoms with Gasteiger partial charge in [0.25, 0.3) is 0 Å². The van der Waals surface area contributed by atoms with Gasteiger partial charge in [0.15, 0.2) is 0 Å². The molecule has 14 heavy (non-hydrogen) atoms. The van der Waals surface area contributed by atoms with E-state index in [9.17, 15) is 0 Å². The van der Waals surface area contributed by atoms with Gasteiger partial charge in [-0.05, 0) is 33.7 Å². The van der Waals surface area contributed by atoms with Crippen LogP contribution >= 0.6 is 0 Å². The average Bonchev–Trinajstić information content (AvgIpc) is 2.47. The first-order chi connectivity index (χ1) is 6.39. The molecule has 0 bridgehead atoms. The van der Waals surface area contributed by atoms with Gasteiger partial charge in [-0.3, -0.25) is 0 Å². The minimum absolute atomic E-state index is 0.0742. The van der Waals surface area contributed by atoms with Crippen LogP contribution in [0.3, 0.4) is 0 Å². The van der Waals surface area contributed by atoms with Gasteiger partial charge in [-0.25, -0.2) is 0 Å². The first kappa shape index (κ1) is 12.7. The van der Waals surface area contributed by atoms with Gasteiger partial charge in [0.2, 0.25) is 0 Å². The van der Waals surface area contributed by atoms with E-state index in [0.29, 0.717) is 0 Å². The van der Waals surface area contributed by atoms with Crippen molar-refractivity contribution < 1.29 is 0 Å². The fourth-order valence-electron chi connectivity index (χ4n) is 1.72. The summed E-state index contributed by atoms with van der Waals surface area (Å²) in [6.07, 6.45) is 0. The van der Waals surface area contributed by atoms with Crippen LogP contribution in [0.1, 0.15) is 0 Å².